The molecule has 0 aliphatic carbocycles. The highest BCUT2D eigenvalue weighted by molar-refractivity contribution is 7.98. The molecule has 5 heteroatoms. The Kier molecular flexibility index (Phi) is 5.85. The smallest absolute Gasteiger partial charge is 0.203 e. The van der Waals surface area contributed by atoms with Gasteiger partial charge in [-0.1, -0.05) is 66.7 Å². The second-order valence-electron chi connectivity index (χ2n) is 6.12. The number of benzene rings is 3. The maximum absolute atomic E-state index is 4.57. The van der Waals surface area contributed by atoms with Gasteiger partial charge in [-0.05, 0) is 35.1 Å². The SMILES string of the molecule is CSc1ccc(-c2ccc(C=NNc3nc(-c4ccccc4)cs3)cc2)cc1. The van der Waals surface area contributed by atoms with Gasteiger partial charge in [-0.15, -0.1) is 23.1 Å². The number of nitrogens with one attached hydrogen (secondary N) is 1. The van der Waals surface area contributed by atoms with Crippen molar-refractivity contribution in [3.05, 3.63) is 89.8 Å². The Morgan fingerprint density at radius 1 is 0.857 bits per heavy atom. The lowest BCUT2D eigenvalue weighted by Crippen LogP contribution is -1.90. The molecule has 1 aromatic heterocycles. The Morgan fingerprint density at radius 3 is 2.21 bits per heavy atom. The summed E-state index contributed by atoms with van der Waals surface area (Å²) in [6, 6.07) is 27.1. The lowest BCUT2D eigenvalue weighted by Gasteiger charge is -2.03. The van der Waals surface area contributed by atoms with E-state index in [1.54, 1.807) is 23.1 Å². The van der Waals surface area contributed by atoms with Gasteiger partial charge in [0.2, 0.25) is 5.13 Å². The molecule has 0 saturated carbocycles. The molecule has 0 saturated heterocycles. The first-order valence-corrected chi connectivity index (χ1v) is 11.0. The molecule has 1 heterocycles. The number of aromatic nitrogens is 1. The summed E-state index contributed by atoms with van der Waals surface area (Å²) in [5, 5.41) is 7.12. The summed E-state index contributed by atoms with van der Waals surface area (Å²) in [6.07, 6.45) is 3.90. The fourth-order valence-corrected chi connectivity index (χ4v) is 3.85. The van der Waals surface area contributed by atoms with Crippen molar-refractivity contribution in [1.82, 2.24) is 4.98 Å². The third-order valence-corrected chi connectivity index (χ3v) is 5.77. The summed E-state index contributed by atoms with van der Waals surface area (Å²) >= 11 is 3.30. The fourth-order valence-electron chi connectivity index (χ4n) is 2.77. The number of hydrazone groups is 1. The Bertz CT molecular complexity index is 1050. The largest absolute Gasteiger partial charge is 0.253 e. The Balaban J connectivity index is 1.39. The average molecular weight is 402 g/mol. The highest BCUT2D eigenvalue weighted by atomic mass is 32.2. The van der Waals surface area contributed by atoms with Crippen LogP contribution in [0.15, 0.2) is 94.2 Å². The molecule has 0 bridgehead atoms. The topological polar surface area (TPSA) is 37.3 Å². The maximum atomic E-state index is 4.57. The number of thiazole rings is 1. The van der Waals surface area contributed by atoms with Crippen LogP contribution in [0.5, 0.6) is 0 Å². The zero-order valence-electron chi connectivity index (χ0n) is 15.4. The van der Waals surface area contributed by atoms with Crippen LogP contribution in [0.3, 0.4) is 0 Å². The zero-order valence-corrected chi connectivity index (χ0v) is 17.0. The van der Waals surface area contributed by atoms with Gasteiger partial charge in [0.1, 0.15) is 0 Å². The number of rotatable bonds is 6. The van der Waals surface area contributed by atoms with E-state index in [0.717, 1.165) is 22.0 Å². The van der Waals surface area contributed by atoms with Crippen LogP contribution in [0.1, 0.15) is 5.56 Å². The predicted molar refractivity (Wildman–Crippen MR) is 122 cm³/mol. The van der Waals surface area contributed by atoms with Gasteiger partial charge in [0.25, 0.3) is 0 Å². The van der Waals surface area contributed by atoms with Crippen LogP contribution >= 0.6 is 23.1 Å². The number of thioether (sulfide) groups is 1. The Labute approximate surface area is 173 Å². The van der Waals surface area contributed by atoms with Crippen molar-refractivity contribution in [3.8, 4) is 22.4 Å². The van der Waals surface area contributed by atoms with Crippen LogP contribution in [0, 0.1) is 0 Å². The number of hydrogen-bond acceptors (Lipinski definition) is 5. The summed E-state index contributed by atoms with van der Waals surface area (Å²) < 4.78 is 0. The molecule has 1 N–H and O–H groups in total. The van der Waals surface area contributed by atoms with Gasteiger partial charge < -0.3 is 0 Å². The summed E-state index contributed by atoms with van der Waals surface area (Å²) in [4.78, 5) is 5.85. The lowest BCUT2D eigenvalue weighted by molar-refractivity contribution is 1.29. The van der Waals surface area contributed by atoms with Gasteiger partial charge in [0.15, 0.2) is 0 Å². The summed E-state index contributed by atoms with van der Waals surface area (Å²) in [5.41, 5.74) is 8.54. The van der Waals surface area contributed by atoms with Crippen LogP contribution in [-0.4, -0.2) is 17.5 Å². The van der Waals surface area contributed by atoms with E-state index in [2.05, 4.69) is 82.4 Å². The van der Waals surface area contributed by atoms with E-state index >= 15 is 0 Å². The molecule has 0 aliphatic heterocycles. The molecule has 0 atom stereocenters. The molecule has 3 aromatic carbocycles. The standard InChI is InChI=1S/C23H19N3S2/c1-27-21-13-11-19(12-14-21)18-9-7-17(8-10-18)15-24-26-23-25-22(16-28-23)20-5-3-2-4-6-20/h2-16H,1H3,(H,25,26). The molecule has 0 fully saturated rings. The Morgan fingerprint density at radius 2 is 1.54 bits per heavy atom. The van der Waals surface area contributed by atoms with Crippen molar-refractivity contribution >= 4 is 34.4 Å². The van der Waals surface area contributed by atoms with Crippen molar-refractivity contribution in [1.29, 1.82) is 0 Å². The molecule has 28 heavy (non-hydrogen) atoms. The first-order valence-electron chi connectivity index (χ1n) is 8.86. The minimum Gasteiger partial charge on any atom is -0.253 e. The molecular weight excluding hydrogens is 382 g/mol. The van der Waals surface area contributed by atoms with Gasteiger partial charge in [-0.2, -0.15) is 5.10 Å². The minimum absolute atomic E-state index is 0.778. The van der Waals surface area contributed by atoms with Crippen molar-refractivity contribution in [3.63, 3.8) is 0 Å². The summed E-state index contributed by atoms with van der Waals surface area (Å²) in [5.74, 6) is 0. The van der Waals surface area contributed by atoms with Crippen LogP contribution in [-0.2, 0) is 0 Å². The lowest BCUT2D eigenvalue weighted by atomic mass is 10.0. The molecule has 4 rings (SSSR count). The van der Waals surface area contributed by atoms with E-state index in [1.165, 1.54) is 16.0 Å². The number of anilines is 1. The molecule has 138 valence electrons. The Hall–Kier alpha value is -2.89. The third kappa shape index (κ3) is 4.50. The zero-order chi connectivity index (χ0) is 19.2. The molecule has 0 spiro atoms. The van der Waals surface area contributed by atoms with Crippen LogP contribution in [0.2, 0.25) is 0 Å². The molecule has 3 nitrogen and oxygen atoms in total. The molecule has 4 aromatic rings. The first-order chi connectivity index (χ1) is 13.8. The summed E-state index contributed by atoms with van der Waals surface area (Å²) in [7, 11) is 0. The summed E-state index contributed by atoms with van der Waals surface area (Å²) in [6.45, 7) is 0. The first kappa shape index (κ1) is 18.5. The van der Waals surface area contributed by atoms with E-state index in [9.17, 15) is 0 Å². The fraction of sp³-hybridized carbons (Fsp3) is 0.0435. The molecule has 0 unspecified atom stereocenters. The maximum Gasteiger partial charge on any atom is 0.203 e. The van der Waals surface area contributed by atoms with Crippen LogP contribution in [0.25, 0.3) is 22.4 Å². The van der Waals surface area contributed by atoms with E-state index < -0.39 is 0 Å². The van der Waals surface area contributed by atoms with Crippen LogP contribution < -0.4 is 5.43 Å². The number of nitrogens with zero attached hydrogens (tertiary/aromatic N) is 2. The monoisotopic (exact) mass is 401 g/mol. The minimum atomic E-state index is 0.778. The third-order valence-electron chi connectivity index (χ3n) is 4.28. The van der Waals surface area contributed by atoms with Crippen molar-refractivity contribution < 1.29 is 0 Å². The number of hydrogen-bond donors (Lipinski definition) is 1. The normalized spacial score (nSPS) is 11.0. The van der Waals surface area contributed by atoms with E-state index in [1.807, 2.05) is 29.8 Å². The van der Waals surface area contributed by atoms with Gasteiger partial charge in [-0.25, -0.2) is 4.98 Å². The van der Waals surface area contributed by atoms with Gasteiger partial charge in [-0.3, -0.25) is 5.43 Å². The van der Waals surface area contributed by atoms with E-state index in [0.29, 0.717) is 0 Å². The van der Waals surface area contributed by atoms with Crippen molar-refractivity contribution in [2.75, 3.05) is 11.7 Å². The highest BCUT2D eigenvalue weighted by Crippen LogP contribution is 2.25. The average Bonchev–Trinajstić information content (AvgIpc) is 3.24. The molecule has 0 radical (unpaired) electrons. The van der Waals surface area contributed by atoms with Crippen LogP contribution in [0.4, 0.5) is 5.13 Å². The molecule has 0 amide bonds. The predicted octanol–water partition coefficient (Wildman–Crippen LogP) is 6.65. The van der Waals surface area contributed by atoms with E-state index in [4.69, 9.17) is 0 Å². The van der Waals surface area contributed by atoms with Gasteiger partial charge >= 0.3 is 0 Å². The highest BCUT2D eigenvalue weighted by Gasteiger charge is 2.03. The van der Waals surface area contributed by atoms with E-state index in [-0.39, 0.29) is 0 Å². The van der Waals surface area contributed by atoms with Crippen molar-refractivity contribution in [2.24, 2.45) is 5.10 Å². The van der Waals surface area contributed by atoms with Gasteiger partial charge in [0, 0.05) is 15.8 Å². The quantitative estimate of drug-likeness (QED) is 0.223. The molecule has 0 aliphatic rings. The van der Waals surface area contributed by atoms with Gasteiger partial charge in [0.05, 0.1) is 11.9 Å². The van der Waals surface area contributed by atoms with Crippen molar-refractivity contribution in [2.45, 2.75) is 4.90 Å². The molecular formula is C23H19N3S2. The second kappa shape index (κ2) is 8.87. The second-order valence-corrected chi connectivity index (χ2v) is 7.86.